The Morgan fingerprint density at radius 2 is 1.44 bits per heavy atom. The molecule has 0 spiro atoms. The fraction of sp³-hybridized carbons (Fsp3) is 0.250. The molecule has 1 saturated heterocycles. The number of ether oxygens (including phenoxy) is 1. The highest BCUT2D eigenvalue weighted by Crippen LogP contribution is 2.34. The summed E-state index contributed by atoms with van der Waals surface area (Å²) in [5.74, 6) is -0.887. The van der Waals surface area contributed by atoms with Crippen molar-refractivity contribution in [3.05, 3.63) is 101 Å². The first kappa shape index (κ1) is 24.0. The van der Waals surface area contributed by atoms with E-state index in [9.17, 15) is 18.7 Å². The average molecular weight is 492 g/mol. The number of aromatic amines is 1. The molecule has 1 aliphatic rings. The van der Waals surface area contributed by atoms with Crippen LogP contribution in [0.5, 0.6) is 5.75 Å². The van der Waals surface area contributed by atoms with Crippen LogP contribution >= 0.6 is 0 Å². The van der Waals surface area contributed by atoms with E-state index >= 15 is 0 Å². The molecule has 3 aromatic carbocycles. The van der Waals surface area contributed by atoms with E-state index in [1.54, 1.807) is 37.6 Å². The zero-order chi connectivity index (χ0) is 25.2. The van der Waals surface area contributed by atoms with Gasteiger partial charge >= 0.3 is 5.97 Å². The average Bonchev–Trinajstić information content (AvgIpc) is 3.30. The zero-order valence-electron chi connectivity index (χ0n) is 19.8. The number of hydrogen-bond acceptors (Lipinski definition) is 4. The van der Waals surface area contributed by atoms with Crippen molar-refractivity contribution in [3.8, 4) is 5.75 Å². The lowest BCUT2D eigenvalue weighted by Gasteiger charge is -2.41. The number of carbonyl (C=O) groups is 1. The van der Waals surface area contributed by atoms with Crippen molar-refractivity contribution in [1.29, 1.82) is 0 Å². The Bertz CT molecular complexity index is 1300. The van der Waals surface area contributed by atoms with Gasteiger partial charge in [0, 0.05) is 48.8 Å². The Hall–Kier alpha value is -3.75. The van der Waals surface area contributed by atoms with Gasteiger partial charge in [-0.3, -0.25) is 14.6 Å². The molecule has 1 fully saturated rings. The van der Waals surface area contributed by atoms with E-state index in [-0.39, 0.29) is 17.7 Å². The van der Waals surface area contributed by atoms with Crippen LogP contribution in [0.3, 0.4) is 0 Å². The predicted molar refractivity (Wildman–Crippen MR) is 133 cm³/mol. The van der Waals surface area contributed by atoms with Gasteiger partial charge in [0.15, 0.2) is 0 Å². The molecular formula is C28H27F2N3O3. The van der Waals surface area contributed by atoms with E-state index < -0.39 is 12.0 Å². The highest BCUT2D eigenvalue weighted by atomic mass is 19.1. The number of nitrogens with one attached hydrogen (secondary N) is 1. The monoisotopic (exact) mass is 491 g/mol. The number of nitrogens with zero attached hydrogens (tertiary/aromatic N) is 2. The molecule has 0 unspecified atom stereocenters. The van der Waals surface area contributed by atoms with Crippen LogP contribution < -0.4 is 4.74 Å². The Morgan fingerprint density at radius 1 is 0.889 bits per heavy atom. The number of halogens is 2. The molecular weight excluding hydrogens is 464 g/mol. The number of piperazine rings is 1. The third-order valence-corrected chi connectivity index (χ3v) is 6.90. The van der Waals surface area contributed by atoms with Crippen molar-refractivity contribution < 1.29 is 23.4 Å². The SMILES string of the molecule is COc1ccc2[nH]cc([C@@H](C(=O)O)N3CCN(C(c4ccc(F)cc4)c4ccc(F)cc4)CC3)c2c1. The molecule has 0 bridgehead atoms. The molecule has 0 amide bonds. The lowest BCUT2D eigenvalue weighted by molar-refractivity contribution is -0.144. The largest absolute Gasteiger partial charge is 0.497 e. The summed E-state index contributed by atoms with van der Waals surface area (Å²) in [6, 6.07) is 17.2. The first-order valence-corrected chi connectivity index (χ1v) is 11.8. The number of aliphatic carboxylic acids is 1. The molecule has 0 radical (unpaired) electrons. The standard InChI is InChI=1S/C28H27F2N3O3/c1-36-22-10-11-25-23(16-22)24(17-31-25)27(28(34)35)33-14-12-32(13-15-33)26(18-2-6-20(29)7-3-18)19-4-8-21(30)9-5-19/h2-11,16-17,26-27,31H,12-15H2,1H3,(H,34,35)/t27-/m0/s1. The van der Waals surface area contributed by atoms with Gasteiger partial charge < -0.3 is 14.8 Å². The molecule has 186 valence electrons. The van der Waals surface area contributed by atoms with Gasteiger partial charge in [0.05, 0.1) is 13.2 Å². The molecule has 8 heteroatoms. The minimum Gasteiger partial charge on any atom is -0.497 e. The summed E-state index contributed by atoms with van der Waals surface area (Å²) in [5.41, 5.74) is 3.34. The molecule has 5 rings (SSSR count). The third-order valence-electron chi connectivity index (χ3n) is 6.90. The second-order valence-electron chi connectivity index (χ2n) is 8.97. The minimum absolute atomic E-state index is 0.200. The van der Waals surface area contributed by atoms with Gasteiger partial charge in [0.1, 0.15) is 23.4 Å². The van der Waals surface area contributed by atoms with Crippen molar-refractivity contribution in [3.63, 3.8) is 0 Å². The molecule has 2 heterocycles. The lowest BCUT2D eigenvalue weighted by Crippen LogP contribution is -2.50. The number of hydrogen-bond donors (Lipinski definition) is 2. The number of carboxylic acid groups (broad SMARTS) is 1. The van der Waals surface area contributed by atoms with E-state index in [4.69, 9.17) is 4.74 Å². The highest BCUT2D eigenvalue weighted by molar-refractivity contribution is 5.90. The van der Waals surface area contributed by atoms with Crippen molar-refractivity contribution in [1.82, 2.24) is 14.8 Å². The Kier molecular flexibility index (Phi) is 6.71. The van der Waals surface area contributed by atoms with Crippen molar-refractivity contribution in [2.24, 2.45) is 0 Å². The van der Waals surface area contributed by atoms with Crippen LogP contribution in [0.4, 0.5) is 8.78 Å². The first-order valence-electron chi connectivity index (χ1n) is 11.8. The first-order chi connectivity index (χ1) is 17.4. The molecule has 1 aromatic heterocycles. The number of rotatable bonds is 7. The third kappa shape index (κ3) is 4.69. The van der Waals surface area contributed by atoms with E-state index in [0.717, 1.165) is 22.0 Å². The van der Waals surface area contributed by atoms with Gasteiger partial charge in [-0.15, -0.1) is 0 Å². The summed E-state index contributed by atoms with van der Waals surface area (Å²) in [6.07, 6.45) is 1.76. The van der Waals surface area contributed by atoms with Crippen LogP contribution in [-0.2, 0) is 4.79 Å². The Labute approximate surface area is 207 Å². The normalized spacial score (nSPS) is 15.9. The summed E-state index contributed by atoms with van der Waals surface area (Å²) in [6.45, 7) is 2.22. The number of carboxylic acids is 1. The molecule has 1 atom stereocenters. The molecule has 6 nitrogen and oxygen atoms in total. The number of aromatic nitrogens is 1. The Morgan fingerprint density at radius 3 is 1.97 bits per heavy atom. The van der Waals surface area contributed by atoms with Crippen LogP contribution in [0, 0.1) is 11.6 Å². The minimum atomic E-state index is -0.916. The molecule has 1 aliphatic heterocycles. The molecule has 0 aliphatic carbocycles. The maximum absolute atomic E-state index is 13.6. The van der Waals surface area contributed by atoms with E-state index in [1.807, 2.05) is 23.1 Å². The van der Waals surface area contributed by atoms with E-state index in [2.05, 4.69) is 9.88 Å². The number of benzene rings is 3. The van der Waals surface area contributed by atoms with Crippen LogP contribution in [0.1, 0.15) is 28.8 Å². The van der Waals surface area contributed by atoms with Crippen LogP contribution in [0.15, 0.2) is 72.9 Å². The predicted octanol–water partition coefficient (Wildman–Crippen LogP) is 4.99. The zero-order valence-corrected chi connectivity index (χ0v) is 19.8. The smallest absolute Gasteiger partial charge is 0.325 e. The van der Waals surface area contributed by atoms with E-state index in [0.29, 0.717) is 37.5 Å². The second kappa shape index (κ2) is 10.1. The van der Waals surface area contributed by atoms with E-state index in [1.165, 1.54) is 24.3 Å². The summed E-state index contributed by atoms with van der Waals surface area (Å²) in [5, 5.41) is 11.0. The van der Waals surface area contributed by atoms with Gasteiger partial charge in [0.2, 0.25) is 0 Å². The number of H-pyrrole nitrogens is 1. The highest BCUT2D eigenvalue weighted by Gasteiger charge is 2.34. The van der Waals surface area contributed by atoms with Gasteiger partial charge in [-0.25, -0.2) is 8.78 Å². The van der Waals surface area contributed by atoms with Gasteiger partial charge in [-0.1, -0.05) is 24.3 Å². The summed E-state index contributed by atoms with van der Waals surface area (Å²) in [4.78, 5) is 19.8. The fourth-order valence-electron chi connectivity index (χ4n) is 5.12. The molecule has 0 saturated carbocycles. The summed E-state index contributed by atoms with van der Waals surface area (Å²) >= 11 is 0. The summed E-state index contributed by atoms with van der Waals surface area (Å²) < 4.78 is 32.6. The second-order valence-corrected chi connectivity index (χ2v) is 8.97. The van der Waals surface area contributed by atoms with Crippen molar-refractivity contribution in [2.45, 2.75) is 12.1 Å². The Balaban J connectivity index is 1.41. The van der Waals surface area contributed by atoms with Crippen molar-refractivity contribution in [2.75, 3.05) is 33.3 Å². The lowest BCUT2D eigenvalue weighted by atomic mass is 9.95. The topological polar surface area (TPSA) is 68.8 Å². The quantitative estimate of drug-likeness (QED) is 0.381. The van der Waals surface area contributed by atoms with Gasteiger partial charge in [-0.2, -0.15) is 0 Å². The van der Waals surface area contributed by atoms with Gasteiger partial charge in [0.25, 0.3) is 0 Å². The van der Waals surface area contributed by atoms with Gasteiger partial charge in [-0.05, 0) is 53.6 Å². The maximum atomic E-state index is 13.6. The molecule has 4 aromatic rings. The maximum Gasteiger partial charge on any atom is 0.325 e. The molecule has 36 heavy (non-hydrogen) atoms. The van der Waals surface area contributed by atoms with Crippen LogP contribution in [-0.4, -0.2) is 59.1 Å². The number of methoxy groups -OCH3 is 1. The van der Waals surface area contributed by atoms with Crippen LogP contribution in [0.25, 0.3) is 10.9 Å². The van der Waals surface area contributed by atoms with Crippen LogP contribution in [0.2, 0.25) is 0 Å². The fourth-order valence-corrected chi connectivity index (χ4v) is 5.12. The summed E-state index contributed by atoms with van der Waals surface area (Å²) in [7, 11) is 1.58. The van der Waals surface area contributed by atoms with Crippen molar-refractivity contribution >= 4 is 16.9 Å². The number of fused-ring (bicyclic) bond motifs is 1. The molecule has 2 N–H and O–H groups in total.